The molecule has 0 bridgehead atoms. The van der Waals surface area contributed by atoms with Crippen LogP contribution in [-0.4, -0.2) is 45.7 Å². The summed E-state index contributed by atoms with van der Waals surface area (Å²) in [4.78, 5) is 6.96. The largest absolute Gasteiger partial charge is 0.314 e. The molecular weight excluding hydrogens is 250 g/mol. The van der Waals surface area contributed by atoms with Crippen molar-refractivity contribution in [3.8, 4) is 0 Å². The Balaban J connectivity index is 1.88. The molecule has 1 atom stereocenters. The fourth-order valence-electron chi connectivity index (χ4n) is 2.28. The van der Waals surface area contributed by atoms with E-state index in [0.29, 0.717) is 5.02 Å². The van der Waals surface area contributed by atoms with E-state index >= 15 is 0 Å². The number of hydrogen-bond donors (Lipinski definition) is 1. The molecule has 3 rings (SSSR count). The fraction of sp³-hybridized carbons (Fsp3) is 0.500. The molecule has 2 aromatic rings. The molecule has 6 heteroatoms. The highest BCUT2D eigenvalue weighted by Crippen LogP contribution is 2.18. The third kappa shape index (κ3) is 2.21. The first kappa shape index (κ1) is 11.9. The Kier molecular flexibility index (Phi) is 3.20. The second-order valence-corrected chi connectivity index (χ2v) is 5.02. The number of aromatic nitrogens is 3. The van der Waals surface area contributed by atoms with Gasteiger partial charge < -0.3 is 5.32 Å². The van der Waals surface area contributed by atoms with Crippen LogP contribution < -0.4 is 5.32 Å². The van der Waals surface area contributed by atoms with Gasteiger partial charge in [0.2, 0.25) is 0 Å². The Bertz CT molecular complexity index is 546. The highest BCUT2D eigenvalue weighted by molar-refractivity contribution is 6.30. The second kappa shape index (κ2) is 4.84. The maximum absolute atomic E-state index is 5.95. The minimum absolute atomic E-state index is 0.241. The summed E-state index contributed by atoms with van der Waals surface area (Å²) in [5.74, 6) is 0.860. The first-order chi connectivity index (χ1) is 8.74. The van der Waals surface area contributed by atoms with Crippen molar-refractivity contribution in [1.29, 1.82) is 0 Å². The molecule has 1 aliphatic rings. The van der Waals surface area contributed by atoms with Crippen LogP contribution in [-0.2, 0) is 0 Å². The molecule has 0 spiro atoms. The topological polar surface area (TPSA) is 45.5 Å². The average Bonchev–Trinajstić information content (AvgIpc) is 2.81. The fourth-order valence-corrected chi connectivity index (χ4v) is 2.44. The van der Waals surface area contributed by atoms with E-state index in [4.69, 9.17) is 11.6 Å². The lowest BCUT2D eigenvalue weighted by Gasteiger charge is -2.31. The third-order valence-electron chi connectivity index (χ3n) is 3.38. The van der Waals surface area contributed by atoms with Crippen molar-refractivity contribution in [3.63, 3.8) is 0 Å². The van der Waals surface area contributed by atoms with Crippen LogP contribution in [0.3, 0.4) is 0 Å². The number of nitrogens with zero attached hydrogens (tertiary/aromatic N) is 4. The smallest absolute Gasteiger partial charge is 0.168 e. The highest BCUT2D eigenvalue weighted by atomic mass is 35.5. The Morgan fingerprint density at radius 3 is 2.89 bits per heavy atom. The molecule has 0 saturated carbocycles. The summed E-state index contributed by atoms with van der Waals surface area (Å²) >= 11 is 5.95. The summed E-state index contributed by atoms with van der Waals surface area (Å²) in [6.07, 6.45) is 1.79. The van der Waals surface area contributed by atoms with Crippen molar-refractivity contribution in [2.75, 3.05) is 26.2 Å². The number of rotatable bonds is 2. The predicted octanol–water partition coefficient (Wildman–Crippen LogP) is 1.35. The minimum atomic E-state index is 0.241. The van der Waals surface area contributed by atoms with Gasteiger partial charge in [-0.2, -0.15) is 0 Å². The lowest BCUT2D eigenvalue weighted by Crippen LogP contribution is -2.44. The lowest BCUT2D eigenvalue weighted by atomic mass is 10.2. The molecule has 0 aliphatic carbocycles. The van der Waals surface area contributed by atoms with Gasteiger partial charge in [-0.25, -0.2) is 9.50 Å². The van der Waals surface area contributed by atoms with E-state index < -0.39 is 0 Å². The van der Waals surface area contributed by atoms with Gasteiger partial charge in [-0.1, -0.05) is 11.6 Å². The monoisotopic (exact) mass is 265 g/mol. The van der Waals surface area contributed by atoms with Gasteiger partial charge >= 0.3 is 0 Å². The van der Waals surface area contributed by atoms with Crippen LogP contribution in [0.5, 0.6) is 0 Å². The van der Waals surface area contributed by atoms with E-state index in [1.165, 1.54) is 0 Å². The maximum Gasteiger partial charge on any atom is 0.168 e. The summed E-state index contributed by atoms with van der Waals surface area (Å²) in [5.41, 5.74) is 0.844. The molecule has 96 valence electrons. The van der Waals surface area contributed by atoms with Crippen LogP contribution in [0, 0.1) is 0 Å². The van der Waals surface area contributed by atoms with Gasteiger partial charge in [-0.3, -0.25) is 4.90 Å². The van der Waals surface area contributed by atoms with Gasteiger partial charge in [0.1, 0.15) is 0 Å². The Morgan fingerprint density at radius 1 is 1.33 bits per heavy atom. The van der Waals surface area contributed by atoms with Gasteiger partial charge in [0, 0.05) is 32.4 Å². The molecular formula is C12H16ClN5. The quantitative estimate of drug-likeness (QED) is 0.890. The van der Waals surface area contributed by atoms with Crippen LogP contribution in [0.2, 0.25) is 5.02 Å². The van der Waals surface area contributed by atoms with Crippen molar-refractivity contribution in [3.05, 3.63) is 29.2 Å². The van der Waals surface area contributed by atoms with Gasteiger partial charge in [-0.15, -0.1) is 5.10 Å². The molecule has 0 radical (unpaired) electrons. The van der Waals surface area contributed by atoms with Crippen molar-refractivity contribution < 1.29 is 0 Å². The summed E-state index contributed by atoms with van der Waals surface area (Å²) in [7, 11) is 0. The molecule has 1 N–H and O–H groups in total. The highest BCUT2D eigenvalue weighted by Gasteiger charge is 2.21. The van der Waals surface area contributed by atoms with Gasteiger partial charge in [-0.05, 0) is 19.1 Å². The van der Waals surface area contributed by atoms with Crippen molar-refractivity contribution in [2.24, 2.45) is 0 Å². The maximum atomic E-state index is 5.95. The molecule has 1 fully saturated rings. The molecule has 0 aromatic carbocycles. The summed E-state index contributed by atoms with van der Waals surface area (Å²) in [6, 6.07) is 3.97. The van der Waals surface area contributed by atoms with Gasteiger partial charge in [0.25, 0.3) is 0 Å². The Hall–Kier alpha value is -1.17. The lowest BCUT2D eigenvalue weighted by molar-refractivity contribution is 0.179. The third-order valence-corrected chi connectivity index (χ3v) is 3.61. The first-order valence-electron chi connectivity index (χ1n) is 6.20. The molecule has 3 heterocycles. The van der Waals surface area contributed by atoms with E-state index in [0.717, 1.165) is 37.7 Å². The Morgan fingerprint density at radius 2 is 2.11 bits per heavy atom. The number of nitrogens with one attached hydrogen (secondary N) is 1. The number of piperazine rings is 1. The van der Waals surface area contributed by atoms with Crippen molar-refractivity contribution in [1.82, 2.24) is 24.8 Å². The van der Waals surface area contributed by atoms with Crippen LogP contribution in [0.15, 0.2) is 18.3 Å². The summed E-state index contributed by atoms with van der Waals surface area (Å²) in [6.45, 7) is 6.30. The van der Waals surface area contributed by atoms with Crippen LogP contribution in [0.25, 0.3) is 5.65 Å². The second-order valence-electron chi connectivity index (χ2n) is 4.58. The van der Waals surface area contributed by atoms with E-state index in [1.54, 1.807) is 10.7 Å². The van der Waals surface area contributed by atoms with Crippen molar-refractivity contribution >= 4 is 17.2 Å². The number of halogens is 1. The summed E-state index contributed by atoms with van der Waals surface area (Å²) < 4.78 is 1.75. The van der Waals surface area contributed by atoms with Crippen LogP contribution >= 0.6 is 11.6 Å². The van der Waals surface area contributed by atoms with Gasteiger partial charge in [0.05, 0.1) is 11.1 Å². The molecule has 1 saturated heterocycles. The zero-order valence-electron chi connectivity index (χ0n) is 10.3. The molecule has 18 heavy (non-hydrogen) atoms. The minimum Gasteiger partial charge on any atom is -0.314 e. The van der Waals surface area contributed by atoms with E-state index in [-0.39, 0.29) is 6.04 Å². The number of hydrogen-bond acceptors (Lipinski definition) is 4. The molecule has 1 aliphatic heterocycles. The van der Waals surface area contributed by atoms with Crippen molar-refractivity contribution in [2.45, 2.75) is 13.0 Å². The Labute approximate surface area is 111 Å². The normalized spacial score (nSPS) is 19.2. The van der Waals surface area contributed by atoms with E-state index in [1.807, 2.05) is 12.1 Å². The summed E-state index contributed by atoms with van der Waals surface area (Å²) in [5, 5.41) is 8.53. The standard InChI is InChI=1S/C12H16ClN5/c1-9(17-6-4-14-5-7-17)12-15-11-3-2-10(13)8-18(11)16-12/h2-3,8-9,14H,4-7H2,1H3. The molecule has 2 aromatic heterocycles. The molecule has 0 amide bonds. The molecule has 5 nitrogen and oxygen atoms in total. The van der Waals surface area contributed by atoms with Crippen LogP contribution in [0.1, 0.15) is 18.8 Å². The van der Waals surface area contributed by atoms with Gasteiger partial charge in [0.15, 0.2) is 11.5 Å². The van der Waals surface area contributed by atoms with Crippen LogP contribution in [0.4, 0.5) is 0 Å². The number of fused-ring (bicyclic) bond motifs is 1. The SMILES string of the molecule is CC(c1nc2ccc(Cl)cn2n1)N1CCNCC1. The zero-order chi connectivity index (χ0) is 12.5. The number of pyridine rings is 1. The predicted molar refractivity (Wildman–Crippen MR) is 70.9 cm³/mol. The zero-order valence-corrected chi connectivity index (χ0v) is 11.1. The first-order valence-corrected chi connectivity index (χ1v) is 6.58. The van der Waals surface area contributed by atoms with E-state index in [9.17, 15) is 0 Å². The molecule has 1 unspecified atom stereocenters. The average molecular weight is 266 g/mol. The van der Waals surface area contributed by atoms with E-state index in [2.05, 4.69) is 27.2 Å².